The van der Waals surface area contributed by atoms with Crippen LogP contribution in [0.4, 0.5) is 0 Å². The van der Waals surface area contributed by atoms with Crippen molar-refractivity contribution in [3.8, 4) is 11.1 Å². The maximum absolute atomic E-state index is 4.25. The summed E-state index contributed by atoms with van der Waals surface area (Å²) in [6, 6.07) is 8.64. The number of hydrogen-bond acceptors (Lipinski definition) is 2. The lowest BCUT2D eigenvalue weighted by atomic mass is 9.87. The lowest BCUT2D eigenvalue weighted by molar-refractivity contribution is 0.411. The highest BCUT2D eigenvalue weighted by molar-refractivity contribution is 5.62. The van der Waals surface area contributed by atoms with Gasteiger partial charge in [-0.15, -0.1) is 0 Å². The SMILES string of the molecule is Cc1ncc(-c2cccc(CC(C)(C)C)c2)cn1. The van der Waals surface area contributed by atoms with E-state index in [-0.39, 0.29) is 0 Å². The van der Waals surface area contributed by atoms with Gasteiger partial charge in [-0.2, -0.15) is 0 Å². The normalized spacial score (nSPS) is 11.6. The Bertz CT molecular complexity index is 522. The van der Waals surface area contributed by atoms with Gasteiger partial charge in [-0.05, 0) is 29.9 Å². The molecule has 18 heavy (non-hydrogen) atoms. The summed E-state index contributed by atoms with van der Waals surface area (Å²) in [5.41, 5.74) is 3.94. The van der Waals surface area contributed by atoms with Crippen LogP contribution >= 0.6 is 0 Å². The molecular weight excluding hydrogens is 220 g/mol. The van der Waals surface area contributed by atoms with Crippen molar-refractivity contribution < 1.29 is 0 Å². The number of hydrogen-bond donors (Lipinski definition) is 0. The summed E-state index contributed by atoms with van der Waals surface area (Å²) >= 11 is 0. The molecule has 0 aliphatic heterocycles. The molecule has 0 amide bonds. The monoisotopic (exact) mass is 240 g/mol. The molecule has 0 aliphatic rings. The van der Waals surface area contributed by atoms with E-state index in [2.05, 4.69) is 55.0 Å². The van der Waals surface area contributed by atoms with Crippen LogP contribution in [0.1, 0.15) is 32.2 Å². The average Bonchev–Trinajstić information content (AvgIpc) is 2.28. The minimum Gasteiger partial charge on any atom is -0.241 e. The van der Waals surface area contributed by atoms with Crippen molar-refractivity contribution in [2.24, 2.45) is 5.41 Å². The molecule has 0 saturated carbocycles. The third kappa shape index (κ3) is 3.39. The molecule has 1 aromatic carbocycles. The molecule has 0 radical (unpaired) electrons. The van der Waals surface area contributed by atoms with Gasteiger partial charge < -0.3 is 0 Å². The molecule has 0 N–H and O–H groups in total. The summed E-state index contributed by atoms with van der Waals surface area (Å²) in [4.78, 5) is 8.50. The number of aromatic nitrogens is 2. The van der Waals surface area contributed by atoms with E-state index in [9.17, 15) is 0 Å². The quantitative estimate of drug-likeness (QED) is 0.791. The molecule has 0 unspecified atom stereocenters. The molecule has 2 heteroatoms. The lowest BCUT2D eigenvalue weighted by Gasteiger charge is -2.18. The first-order chi connectivity index (χ1) is 8.44. The fourth-order valence-electron chi connectivity index (χ4n) is 2.01. The van der Waals surface area contributed by atoms with E-state index in [1.54, 1.807) is 0 Å². The van der Waals surface area contributed by atoms with Crippen LogP contribution in [0.3, 0.4) is 0 Å². The largest absolute Gasteiger partial charge is 0.241 e. The standard InChI is InChI=1S/C16H20N2/c1-12-17-10-15(11-18-12)14-7-5-6-13(8-14)9-16(2,3)4/h5-8,10-11H,9H2,1-4H3. The summed E-state index contributed by atoms with van der Waals surface area (Å²) in [6.07, 6.45) is 4.85. The van der Waals surface area contributed by atoms with E-state index in [1.807, 2.05) is 19.3 Å². The topological polar surface area (TPSA) is 25.8 Å². The van der Waals surface area contributed by atoms with Crippen molar-refractivity contribution in [2.75, 3.05) is 0 Å². The van der Waals surface area contributed by atoms with E-state index < -0.39 is 0 Å². The van der Waals surface area contributed by atoms with Crippen molar-refractivity contribution in [3.05, 3.63) is 48.0 Å². The van der Waals surface area contributed by atoms with E-state index in [0.29, 0.717) is 5.41 Å². The summed E-state index contributed by atoms with van der Waals surface area (Å²) in [5.74, 6) is 0.810. The molecule has 0 saturated heterocycles. The molecule has 2 aromatic rings. The van der Waals surface area contributed by atoms with Crippen LogP contribution in [0.2, 0.25) is 0 Å². The summed E-state index contributed by atoms with van der Waals surface area (Å²) < 4.78 is 0. The van der Waals surface area contributed by atoms with Crippen molar-refractivity contribution in [1.82, 2.24) is 9.97 Å². The van der Waals surface area contributed by atoms with Gasteiger partial charge in [0.15, 0.2) is 0 Å². The average molecular weight is 240 g/mol. The number of aryl methyl sites for hydroxylation is 1. The predicted molar refractivity (Wildman–Crippen MR) is 75.4 cm³/mol. The fraction of sp³-hybridized carbons (Fsp3) is 0.375. The first-order valence-corrected chi connectivity index (χ1v) is 6.32. The second-order valence-corrected chi connectivity index (χ2v) is 5.96. The third-order valence-electron chi connectivity index (χ3n) is 2.78. The Morgan fingerprint density at radius 2 is 1.67 bits per heavy atom. The molecule has 2 nitrogen and oxygen atoms in total. The second kappa shape index (κ2) is 4.89. The van der Waals surface area contributed by atoms with Crippen LogP contribution in [-0.4, -0.2) is 9.97 Å². The Balaban J connectivity index is 2.29. The summed E-state index contributed by atoms with van der Waals surface area (Å²) in [5, 5.41) is 0. The van der Waals surface area contributed by atoms with E-state index in [4.69, 9.17) is 0 Å². The molecular formula is C16H20N2. The molecule has 0 spiro atoms. The molecule has 1 aromatic heterocycles. The predicted octanol–water partition coefficient (Wildman–Crippen LogP) is 4.04. The van der Waals surface area contributed by atoms with E-state index in [1.165, 1.54) is 11.1 Å². The van der Waals surface area contributed by atoms with Crippen LogP contribution in [0.5, 0.6) is 0 Å². The zero-order chi connectivity index (χ0) is 13.2. The van der Waals surface area contributed by atoms with E-state index >= 15 is 0 Å². The van der Waals surface area contributed by atoms with Gasteiger partial charge in [-0.3, -0.25) is 0 Å². The van der Waals surface area contributed by atoms with E-state index in [0.717, 1.165) is 17.8 Å². The van der Waals surface area contributed by atoms with Crippen LogP contribution in [0.15, 0.2) is 36.7 Å². The Hall–Kier alpha value is -1.70. The van der Waals surface area contributed by atoms with Gasteiger partial charge in [0.1, 0.15) is 5.82 Å². The van der Waals surface area contributed by atoms with Crippen LogP contribution in [-0.2, 0) is 6.42 Å². The first kappa shape index (κ1) is 12.7. The van der Waals surface area contributed by atoms with Gasteiger partial charge in [-0.1, -0.05) is 45.0 Å². The smallest absolute Gasteiger partial charge is 0.125 e. The van der Waals surface area contributed by atoms with Crippen LogP contribution < -0.4 is 0 Å². The van der Waals surface area contributed by atoms with Crippen molar-refractivity contribution in [2.45, 2.75) is 34.1 Å². The van der Waals surface area contributed by atoms with Gasteiger partial charge in [0.25, 0.3) is 0 Å². The van der Waals surface area contributed by atoms with Gasteiger partial charge in [0.05, 0.1) is 0 Å². The molecule has 0 atom stereocenters. The van der Waals surface area contributed by atoms with Crippen molar-refractivity contribution in [3.63, 3.8) is 0 Å². The number of rotatable bonds is 2. The highest BCUT2D eigenvalue weighted by Crippen LogP contribution is 2.24. The summed E-state index contributed by atoms with van der Waals surface area (Å²) in [7, 11) is 0. The molecule has 1 heterocycles. The number of nitrogens with zero attached hydrogens (tertiary/aromatic N) is 2. The second-order valence-electron chi connectivity index (χ2n) is 5.96. The maximum atomic E-state index is 4.25. The van der Waals surface area contributed by atoms with Gasteiger partial charge in [0.2, 0.25) is 0 Å². The van der Waals surface area contributed by atoms with Crippen LogP contribution in [0, 0.1) is 12.3 Å². The molecule has 0 aliphatic carbocycles. The van der Waals surface area contributed by atoms with Gasteiger partial charge in [0, 0.05) is 18.0 Å². The third-order valence-corrected chi connectivity index (χ3v) is 2.78. The maximum Gasteiger partial charge on any atom is 0.125 e. The zero-order valence-corrected chi connectivity index (χ0v) is 11.6. The Morgan fingerprint density at radius 1 is 1.00 bits per heavy atom. The molecule has 0 bridgehead atoms. The zero-order valence-electron chi connectivity index (χ0n) is 11.6. The Kier molecular flexibility index (Phi) is 3.46. The lowest BCUT2D eigenvalue weighted by Crippen LogP contribution is -2.08. The van der Waals surface area contributed by atoms with Crippen molar-refractivity contribution >= 4 is 0 Å². The summed E-state index contributed by atoms with van der Waals surface area (Å²) in [6.45, 7) is 8.68. The fourth-order valence-corrected chi connectivity index (χ4v) is 2.01. The first-order valence-electron chi connectivity index (χ1n) is 6.32. The minimum atomic E-state index is 0.308. The molecule has 94 valence electrons. The van der Waals surface area contributed by atoms with Crippen molar-refractivity contribution in [1.29, 1.82) is 0 Å². The molecule has 2 rings (SSSR count). The van der Waals surface area contributed by atoms with Gasteiger partial charge in [-0.25, -0.2) is 9.97 Å². The molecule has 0 fully saturated rings. The minimum absolute atomic E-state index is 0.308. The Morgan fingerprint density at radius 3 is 2.28 bits per heavy atom. The number of benzene rings is 1. The Labute approximate surface area is 109 Å². The highest BCUT2D eigenvalue weighted by Gasteiger charge is 2.11. The van der Waals surface area contributed by atoms with Crippen LogP contribution in [0.25, 0.3) is 11.1 Å². The van der Waals surface area contributed by atoms with Gasteiger partial charge >= 0.3 is 0 Å². The highest BCUT2D eigenvalue weighted by atomic mass is 14.8.